The number of nitrogens with zero attached hydrogens (tertiary/aromatic N) is 2. The third-order valence-corrected chi connectivity index (χ3v) is 5.47. The standard InChI is InChI=1S/C23H26F2N4O3/c1-29-14-20(28-23(32)17-5-3-7-26-13-17)6-2-4-16(10-21(29)30)22(31)27-12-15-8-18(24)11-19(25)9-15/h3,5,7-9,11,13,16,20H,2,4,6,10,12,14H2,1H3,(H,27,31)(H,28,32)/t16-,20-/m1/s1. The summed E-state index contributed by atoms with van der Waals surface area (Å²) in [5, 5.41) is 5.61. The van der Waals surface area contributed by atoms with Gasteiger partial charge in [-0.15, -0.1) is 0 Å². The van der Waals surface area contributed by atoms with E-state index in [-0.39, 0.29) is 36.7 Å². The van der Waals surface area contributed by atoms with Gasteiger partial charge in [-0.2, -0.15) is 0 Å². The molecule has 0 saturated carbocycles. The van der Waals surface area contributed by atoms with Crippen LogP contribution in [0.4, 0.5) is 8.78 Å². The summed E-state index contributed by atoms with van der Waals surface area (Å²) >= 11 is 0. The second-order valence-electron chi connectivity index (χ2n) is 8.01. The zero-order valence-electron chi connectivity index (χ0n) is 17.8. The maximum atomic E-state index is 13.3. The predicted molar refractivity (Wildman–Crippen MR) is 113 cm³/mol. The van der Waals surface area contributed by atoms with E-state index in [1.165, 1.54) is 11.1 Å². The molecule has 2 N–H and O–H groups in total. The zero-order valence-corrected chi connectivity index (χ0v) is 17.8. The first-order valence-electron chi connectivity index (χ1n) is 10.5. The Labute approximate surface area is 185 Å². The van der Waals surface area contributed by atoms with Crippen molar-refractivity contribution in [2.45, 2.75) is 38.3 Å². The van der Waals surface area contributed by atoms with Crippen LogP contribution < -0.4 is 10.6 Å². The molecule has 1 aliphatic heterocycles. The number of carbonyl (C=O) groups excluding carboxylic acids is 3. The van der Waals surface area contributed by atoms with Crippen molar-refractivity contribution < 1.29 is 23.2 Å². The largest absolute Gasteiger partial charge is 0.352 e. The fourth-order valence-electron chi connectivity index (χ4n) is 3.76. The molecule has 0 bridgehead atoms. The number of amides is 3. The highest BCUT2D eigenvalue weighted by Gasteiger charge is 2.27. The quantitative estimate of drug-likeness (QED) is 0.741. The molecule has 7 nitrogen and oxygen atoms in total. The summed E-state index contributed by atoms with van der Waals surface area (Å²) in [4.78, 5) is 43.2. The Balaban J connectivity index is 1.59. The Hall–Kier alpha value is -3.36. The number of likely N-dealkylation sites (N-methyl/N-ethyl adjacent to an activating group) is 1. The Kier molecular flexibility index (Phi) is 7.86. The van der Waals surface area contributed by atoms with E-state index in [9.17, 15) is 23.2 Å². The van der Waals surface area contributed by atoms with Crippen LogP contribution in [0.1, 0.15) is 41.6 Å². The van der Waals surface area contributed by atoms with Gasteiger partial charge in [0, 0.05) is 57.0 Å². The van der Waals surface area contributed by atoms with Crippen LogP contribution in [-0.2, 0) is 16.1 Å². The molecule has 2 atom stereocenters. The van der Waals surface area contributed by atoms with E-state index in [1.807, 2.05) is 0 Å². The number of aromatic nitrogens is 1. The number of hydrogen-bond donors (Lipinski definition) is 2. The highest BCUT2D eigenvalue weighted by atomic mass is 19.1. The van der Waals surface area contributed by atoms with E-state index in [1.54, 1.807) is 25.4 Å². The molecule has 0 aliphatic carbocycles. The van der Waals surface area contributed by atoms with Gasteiger partial charge in [0.25, 0.3) is 5.91 Å². The molecular weight excluding hydrogens is 418 g/mol. The van der Waals surface area contributed by atoms with Crippen LogP contribution in [-0.4, -0.2) is 47.2 Å². The summed E-state index contributed by atoms with van der Waals surface area (Å²) in [6, 6.07) is 6.16. The van der Waals surface area contributed by atoms with Crippen molar-refractivity contribution in [3.05, 3.63) is 65.5 Å². The Morgan fingerprint density at radius 1 is 1.19 bits per heavy atom. The van der Waals surface area contributed by atoms with Gasteiger partial charge in [0.05, 0.1) is 5.56 Å². The SMILES string of the molecule is CN1C[C@H](NC(=O)c2cccnc2)CCC[C@@H](C(=O)NCc2cc(F)cc(F)c2)CC1=O. The molecule has 1 fully saturated rings. The average Bonchev–Trinajstić information content (AvgIpc) is 2.82. The van der Waals surface area contributed by atoms with Crippen LogP contribution in [0.3, 0.4) is 0 Å². The van der Waals surface area contributed by atoms with Crippen molar-refractivity contribution in [1.29, 1.82) is 0 Å². The monoisotopic (exact) mass is 444 g/mol. The van der Waals surface area contributed by atoms with Crippen LogP contribution in [0.5, 0.6) is 0 Å². The molecule has 1 aliphatic rings. The summed E-state index contributed by atoms with van der Waals surface area (Å²) < 4.78 is 26.7. The molecule has 2 aromatic rings. The number of rotatable bonds is 5. The lowest BCUT2D eigenvalue weighted by molar-refractivity contribution is -0.135. The Bertz CT molecular complexity index is 951. The third-order valence-electron chi connectivity index (χ3n) is 5.47. The minimum Gasteiger partial charge on any atom is -0.352 e. The summed E-state index contributed by atoms with van der Waals surface area (Å²) in [6.45, 7) is 0.305. The lowest BCUT2D eigenvalue weighted by Gasteiger charge is -2.24. The van der Waals surface area contributed by atoms with Crippen molar-refractivity contribution in [3.8, 4) is 0 Å². The second kappa shape index (κ2) is 10.8. The summed E-state index contributed by atoms with van der Waals surface area (Å²) in [5.74, 6) is -2.80. The number of nitrogens with one attached hydrogen (secondary N) is 2. The van der Waals surface area contributed by atoms with Crippen molar-refractivity contribution >= 4 is 17.7 Å². The Morgan fingerprint density at radius 3 is 2.62 bits per heavy atom. The fourth-order valence-corrected chi connectivity index (χ4v) is 3.76. The Morgan fingerprint density at radius 2 is 1.94 bits per heavy atom. The van der Waals surface area contributed by atoms with Gasteiger partial charge in [-0.05, 0) is 42.7 Å². The highest BCUT2D eigenvalue weighted by Crippen LogP contribution is 2.19. The number of hydrogen-bond acceptors (Lipinski definition) is 4. The van der Waals surface area contributed by atoms with Gasteiger partial charge in [-0.1, -0.05) is 6.42 Å². The highest BCUT2D eigenvalue weighted by molar-refractivity contribution is 5.94. The molecule has 0 unspecified atom stereocenters. The fraction of sp³-hybridized carbons (Fsp3) is 0.391. The lowest BCUT2D eigenvalue weighted by atomic mass is 9.96. The first-order valence-corrected chi connectivity index (χ1v) is 10.5. The van der Waals surface area contributed by atoms with E-state index >= 15 is 0 Å². The maximum Gasteiger partial charge on any atom is 0.253 e. The van der Waals surface area contributed by atoms with E-state index in [4.69, 9.17) is 0 Å². The molecule has 1 aromatic heterocycles. The van der Waals surface area contributed by atoms with Crippen molar-refractivity contribution in [2.75, 3.05) is 13.6 Å². The van der Waals surface area contributed by atoms with E-state index in [0.29, 0.717) is 36.9 Å². The van der Waals surface area contributed by atoms with Crippen molar-refractivity contribution in [2.24, 2.45) is 5.92 Å². The van der Waals surface area contributed by atoms with Gasteiger partial charge in [0.1, 0.15) is 11.6 Å². The van der Waals surface area contributed by atoms with Gasteiger partial charge < -0.3 is 15.5 Å². The van der Waals surface area contributed by atoms with Gasteiger partial charge in [0.15, 0.2) is 0 Å². The van der Waals surface area contributed by atoms with Crippen molar-refractivity contribution in [1.82, 2.24) is 20.5 Å². The van der Waals surface area contributed by atoms with Gasteiger partial charge in [0.2, 0.25) is 11.8 Å². The second-order valence-corrected chi connectivity index (χ2v) is 8.01. The van der Waals surface area contributed by atoms with Crippen LogP contribution in [0.25, 0.3) is 0 Å². The number of carbonyl (C=O) groups is 3. The molecule has 3 amide bonds. The zero-order chi connectivity index (χ0) is 23.1. The first kappa shape index (κ1) is 23.3. The lowest BCUT2D eigenvalue weighted by Crippen LogP contribution is -2.44. The first-order chi connectivity index (χ1) is 15.3. The van der Waals surface area contributed by atoms with Crippen LogP contribution in [0.15, 0.2) is 42.7 Å². The maximum absolute atomic E-state index is 13.3. The molecule has 170 valence electrons. The molecule has 9 heteroatoms. The number of halogens is 2. The number of pyridine rings is 1. The number of benzene rings is 1. The van der Waals surface area contributed by atoms with Gasteiger partial charge in [-0.3, -0.25) is 19.4 Å². The minimum absolute atomic E-state index is 0.0299. The van der Waals surface area contributed by atoms with Crippen LogP contribution in [0, 0.1) is 17.6 Å². The normalized spacial score (nSPS) is 19.5. The predicted octanol–water partition coefficient (Wildman–Crippen LogP) is 2.42. The summed E-state index contributed by atoms with van der Waals surface area (Å²) in [7, 11) is 1.64. The van der Waals surface area contributed by atoms with E-state index in [2.05, 4.69) is 15.6 Å². The molecule has 1 saturated heterocycles. The molecule has 0 spiro atoms. The minimum atomic E-state index is -0.715. The molecule has 1 aromatic carbocycles. The third kappa shape index (κ3) is 6.57. The van der Waals surface area contributed by atoms with Crippen LogP contribution in [0.2, 0.25) is 0 Å². The van der Waals surface area contributed by atoms with Gasteiger partial charge in [-0.25, -0.2) is 8.78 Å². The summed E-state index contributed by atoms with van der Waals surface area (Å²) in [5.41, 5.74) is 0.743. The summed E-state index contributed by atoms with van der Waals surface area (Å²) in [6.07, 6.45) is 4.78. The van der Waals surface area contributed by atoms with Crippen molar-refractivity contribution in [3.63, 3.8) is 0 Å². The molecule has 3 rings (SSSR count). The molecular formula is C23H26F2N4O3. The molecule has 32 heavy (non-hydrogen) atoms. The molecule has 2 heterocycles. The molecule has 0 radical (unpaired) electrons. The topological polar surface area (TPSA) is 91.4 Å². The van der Waals surface area contributed by atoms with E-state index in [0.717, 1.165) is 18.2 Å². The smallest absolute Gasteiger partial charge is 0.253 e. The van der Waals surface area contributed by atoms with Gasteiger partial charge >= 0.3 is 0 Å². The average molecular weight is 444 g/mol. The van der Waals surface area contributed by atoms with Crippen LogP contribution >= 0.6 is 0 Å². The van der Waals surface area contributed by atoms with E-state index < -0.39 is 17.6 Å².